The van der Waals surface area contributed by atoms with E-state index in [1.807, 2.05) is 0 Å². The van der Waals surface area contributed by atoms with Gasteiger partial charge in [0, 0.05) is 6.61 Å². The van der Waals surface area contributed by atoms with Gasteiger partial charge in [0.15, 0.2) is 5.82 Å². The highest BCUT2D eigenvalue weighted by Crippen LogP contribution is 2.53. The van der Waals surface area contributed by atoms with E-state index in [4.69, 9.17) is 27.9 Å². The Kier molecular flexibility index (Phi) is 4.68. The van der Waals surface area contributed by atoms with Crippen molar-refractivity contribution in [3.8, 4) is 0 Å². The standard InChI is InChI=1S/C15H14Cl2F2N2O3/c16-15(17)6-7(15)13(22)20-9-4-3-8(18)12(11(9)19)21-14(23)10-2-1-5-24-10/h3-4,7,10H,1-2,5-6H2,(H,20,22)(H,21,23). The topological polar surface area (TPSA) is 67.4 Å². The monoisotopic (exact) mass is 378 g/mol. The van der Waals surface area contributed by atoms with Gasteiger partial charge in [-0.05, 0) is 31.4 Å². The summed E-state index contributed by atoms with van der Waals surface area (Å²) >= 11 is 11.6. The summed E-state index contributed by atoms with van der Waals surface area (Å²) < 4.78 is 32.3. The summed E-state index contributed by atoms with van der Waals surface area (Å²) in [4.78, 5) is 23.9. The third-order valence-electron chi connectivity index (χ3n) is 3.96. The molecule has 2 aliphatic rings. The van der Waals surface area contributed by atoms with Crippen LogP contribution in [0.2, 0.25) is 0 Å². The van der Waals surface area contributed by atoms with Crippen LogP contribution in [0, 0.1) is 17.6 Å². The van der Waals surface area contributed by atoms with Gasteiger partial charge in [0.05, 0.1) is 11.6 Å². The molecule has 2 atom stereocenters. The van der Waals surface area contributed by atoms with Gasteiger partial charge in [-0.2, -0.15) is 0 Å². The quantitative estimate of drug-likeness (QED) is 0.790. The molecule has 1 saturated heterocycles. The van der Waals surface area contributed by atoms with Crippen LogP contribution in [-0.2, 0) is 14.3 Å². The van der Waals surface area contributed by atoms with E-state index in [-0.39, 0.29) is 12.1 Å². The van der Waals surface area contributed by atoms with E-state index in [0.29, 0.717) is 19.4 Å². The first kappa shape index (κ1) is 17.4. The number of rotatable bonds is 4. The van der Waals surface area contributed by atoms with Crippen molar-refractivity contribution in [1.29, 1.82) is 0 Å². The fraction of sp³-hybridized carbons (Fsp3) is 0.467. The summed E-state index contributed by atoms with van der Waals surface area (Å²) in [7, 11) is 0. The second-order valence-electron chi connectivity index (χ2n) is 5.78. The van der Waals surface area contributed by atoms with Crippen molar-refractivity contribution in [2.45, 2.75) is 29.7 Å². The number of hydrogen-bond acceptors (Lipinski definition) is 3. The molecule has 2 amide bonds. The molecule has 0 bridgehead atoms. The molecular weight excluding hydrogens is 365 g/mol. The molecule has 2 unspecified atom stereocenters. The Morgan fingerprint density at radius 3 is 2.50 bits per heavy atom. The molecule has 24 heavy (non-hydrogen) atoms. The first-order chi connectivity index (χ1) is 11.3. The summed E-state index contributed by atoms with van der Waals surface area (Å²) in [6.07, 6.45) is 0.717. The molecule has 3 rings (SSSR count). The Morgan fingerprint density at radius 2 is 1.92 bits per heavy atom. The number of nitrogens with one attached hydrogen (secondary N) is 2. The van der Waals surface area contributed by atoms with Crippen molar-refractivity contribution < 1.29 is 23.1 Å². The summed E-state index contributed by atoms with van der Waals surface area (Å²) in [6, 6.07) is 2.02. The Hall–Kier alpha value is -1.44. The lowest BCUT2D eigenvalue weighted by molar-refractivity contribution is -0.124. The zero-order valence-electron chi connectivity index (χ0n) is 12.4. The summed E-state index contributed by atoms with van der Waals surface area (Å²) in [5.74, 6) is -3.88. The number of carbonyl (C=O) groups is 2. The van der Waals surface area contributed by atoms with E-state index in [2.05, 4.69) is 10.6 Å². The first-order valence-corrected chi connectivity index (χ1v) is 8.14. The van der Waals surface area contributed by atoms with Crippen LogP contribution in [0.4, 0.5) is 20.2 Å². The van der Waals surface area contributed by atoms with Gasteiger partial charge in [0.2, 0.25) is 5.91 Å². The van der Waals surface area contributed by atoms with Crippen LogP contribution in [0.3, 0.4) is 0 Å². The van der Waals surface area contributed by atoms with E-state index in [9.17, 15) is 18.4 Å². The Bertz CT molecular complexity index is 694. The van der Waals surface area contributed by atoms with Gasteiger partial charge >= 0.3 is 0 Å². The van der Waals surface area contributed by atoms with E-state index in [1.54, 1.807) is 0 Å². The lowest BCUT2D eigenvalue weighted by Crippen LogP contribution is -2.28. The predicted molar refractivity (Wildman–Crippen MR) is 85.1 cm³/mol. The van der Waals surface area contributed by atoms with Crippen molar-refractivity contribution in [3.05, 3.63) is 23.8 Å². The molecule has 1 aliphatic heterocycles. The first-order valence-electron chi connectivity index (χ1n) is 7.39. The van der Waals surface area contributed by atoms with E-state index < -0.39 is 45.5 Å². The normalized spacial score (nSPS) is 24.5. The third-order valence-corrected chi connectivity index (χ3v) is 4.80. The minimum Gasteiger partial charge on any atom is -0.368 e. The molecule has 2 fully saturated rings. The van der Waals surface area contributed by atoms with Gasteiger partial charge in [-0.1, -0.05) is 0 Å². The van der Waals surface area contributed by atoms with Crippen LogP contribution in [0.5, 0.6) is 0 Å². The average molecular weight is 379 g/mol. The highest BCUT2D eigenvalue weighted by molar-refractivity contribution is 6.52. The number of alkyl halides is 2. The molecule has 130 valence electrons. The number of hydrogen-bond donors (Lipinski definition) is 2. The summed E-state index contributed by atoms with van der Waals surface area (Å²) in [5.41, 5.74) is -0.896. The van der Waals surface area contributed by atoms with Crippen molar-refractivity contribution in [1.82, 2.24) is 0 Å². The molecule has 5 nitrogen and oxygen atoms in total. The maximum absolute atomic E-state index is 14.4. The number of benzene rings is 1. The molecule has 1 heterocycles. The van der Waals surface area contributed by atoms with E-state index >= 15 is 0 Å². The smallest absolute Gasteiger partial charge is 0.253 e. The molecule has 0 aromatic heterocycles. The molecular formula is C15H14Cl2F2N2O3. The average Bonchev–Trinajstić information content (AvgIpc) is 2.94. The molecule has 1 aromatic carbocycles. The van der Waals surface area contributed by atoms with Crippen LogP contribution < -0.4 is 10.6 Å². The van der Waals surface area contributed by atoms with Gasteiger partial charge in [-0.15, -0.1) is 23.2 Å². The van der Waals surface area contributed by atoms with Gasteiger partial charge in [0.25, 0.3) is 5.91 Å². The fourth-order valence-corrected chi connectivity index (χ4v) is 2.98. The van der Waals surface area contributed by atoms with Crippen LogP contribution in [0.1, 0.15) is 19.3 Å². The molecule has 2 N–H and O–H groups in total. The lowest BCUT2D eigenvalue weighted by Gasteiger charge is -2.14. The second-order valence-corrected chi connectivity index (χ2v) is 7.32. The highest BCUT2D eigenvalue weighted by atomic mass is 35.5. The van der Waals surface area contributed by atoms with Gasteiger partial charge in [0.1, 0.15) is 21.9 Å². The zero-order chi connectivity index (χ0) is 17.5. The highest BCUT2D eigenvalue weighted by Gasteiger charge is 2.56. The number of ether oxygens (including phenoxy) is 1. The Balaban J connectivity index is 1.75. The number of amides is 2. The lowest BCUT2D eigenvalue weighted by atomic mass is 10.2. The van der Waals surface area contributed by atoms with Gasteiger partial charge in [-0.25, -0.2) is 8.78 Å². The van der Waals surface area contributed by atoms with Crippen LogP contribution in [0.25, 0.3) is 0 Å². The maximum Gasteiger partial charge on any atom is 0.253 e. The van der Waals surface area contributed by atoms with Crippen LogP contribution in [0.15, 0.2) is 12.1 Å². The summed E-state index contributed by atoms with van der Waals surface area (Å²) in [6.45, 7) is 0.430. The molecule has 0 spiro atoms. The Labute approximate surface area is 146 Å². The third kappa shape index (κ3) is 3.48. The van der Waals surface area contributed by atoms with Crippen molar-refractivity contribution in [2.75, 3.05) is 17.2 Å². The number of carbonyl (C=O) groups excluding carboxylic acids is 2. The van der Waals surface area contributed by atoms with Gasteiger partial charge in [-0.3, -0.25) is 9.59 Å². The summed E-state index contributed by atoms with van der Waals surface area (Å²) in [5, 5.41) is 4.48. The molecule has 1 aliphatic carbocycles. The van der Waals surface area contributed by atoms with Crippen molar-refractivity contribution in [3.63, 3.8) is 0 Å². The van der Waals surface area contributed by atoms with Gasteiger partial charge < -0.3 is 15.4 Å². The molecule has 1 saturated carbocycles. The van der Waals surface area contributed by atoms with E-state index in [0.717, 1.165) is 12.1 Å². The molecule has 9 heteroatoms. The predicted octanol–water partition coefficient (Wildman–Crippen LogP) is 3.21. The number of halogens is 4. The number of anilines is 2. The van der Waals surface area contributed by atoms with Crippen LogP contribution in [-0.4, -0.2) is 28.9 Å². The Morgan fingerprint density at radius 1 is 1.21 bits per heavy atom. The fourth-order valence-electron chi connectivity index (χ4n) is 2.47. The maximum atomic E-state index is 14.4. The molecule has 0 radical (unpaired) electrons. The minimum absolute atomic E-state index is 0.257. The largest absolute Gasteiger partial charge is 0.368 e. The van der Waals surface area contributed by atoms with Crippen molar-refractivity contribution >= 4 is 46.4 Å². The SMILES string of the molecule is O=C(Nc1c(F)ccc(NC(=O)C2CC2(Cl)Cl)c1F)C1CCCO1. The minimum atomic E-state index is -1.16. The second kappa shape index (κ2) is 6.46. The van der Waals surface area contributed by atoms with E-state index in [1.165, 1.54) is 0 Å². The molecule has 1 aromatic rings. The zero-order valence-corrected chi connectivity index (χ0v) is 13.9. The van der Waals surface area contributed by atoms with Crippen LogP contribution >= 0.6 is 23.2 Å². The van der Waals surface area contributed by atoms with Crippen molar-refractivity contribution in [2.24, 2.45) is 5.92 Å².